The zero-order valence-corrected chi connectivity index (χ0v) is 20.0. The van der Waals surface area contributed by atoms with E-state index in [0.717, 1.165) is 37.5 Å². The molecule has 172 valence electrons. The Labute approximate surface area is 194 Å². The maximum atomic E-state index is 13.2. The van der Waals surface area contributed by atoms with Gasteiger partial charge in [0.05, 0.1) is 0 Å². The summed E-state index contributed by atoms with van der Waals surface area (Å²) in [5, 5.41) is 0. The van der Waals surface area contributed by atoms with E-state index >= 15 is 0 Å². The molecule has 0 saturated heterocycles. The second-order valence-electron chi connectivity index (χ2n) is 10.6. The molecule has 0 amide bonds. The van der Waals surface area contributed by atoms with Gasteiger partial charge in [-0.3, -0.25) is 14.8 Å². The minimum atomic E-state index is 0.324. The molecule has 2 atom stereocenters. The van der Waals surface area contributed by atoms with Crippen molar-refractivity contribution in [2.45, 2.75) is 89.9 Å². The lowest BCUT2D eigenvalue weighted by Crippen LogP contribution is -2.30. The third-order valence-corrected chi connectivity index (χ3v) is 8.26. The number of Topliss-reactive ketones (excluding diaryl/α,β-unsaturated/α-hetero) is 1. The van der Waals surface area contributed by atoms with Crippen molar-refractivity contribution in [1.82, 2.24) is 9.97 Å². The maximum Gasteiger partial charge on any atom is 0.139 e. The van der Waals surface area contributed by atoms with Crippen LogP contribution in [0.3, 0.4) is 0 Å². The molecule has 0 spiro atoms. The summed E-state index contributed by atoms with van der Waals surface area (Å²) < 4.78 is 0. The molecule has 2 aromatic rings. The molecule has 2 aliphatic rings. The number of hydrogen-bond acceptors (Lipinski definition) is 3. The number of carbonyl (C=O) groups is 1. The van der Waals surface area contributed by atoms with Crippen LogP contribution in [0.25, 0.3) is 0 Å². The van der Waals surface area contributed by atoms with E-state index < -0.39 is 0 Å². The molecule has 0 radical (unpaired) electrons. The van der Waals surface area contributed by atoms with E-state index in [-0.39, 0.29) is 0 Å². The first-order valence-electron chi connectivity index (χ1n) is 13.0. The second kappa shape index (κ2) is 11.2. The van der Waals surface area contributed by atoms with Crippen LogP contribution < -0.4 is 0 Å². The summed E-state index contributed by atoms with van der Waals surface area (Å²) in [5.74, 6) is 3.77. The van der Waals surface area contributed by atoms with Gasteiger partial charge in [-0.2, -0.15) is 0 Å². The van der Waals surface area contributed by atoms with E-state index in [2.05, 4.69) is 48.1 Å². The topological polar surface area (TPSA) is 42.9 Å². The molecule has 0 aromatic carbocycles. The van der Waals surface area contributed by atoms with Crippen LogP contribution in [0.5, 0.6) is 0 Å². The van der Waals surface area contributed by atoms with Crippen LogP contribution in [-0.2, 0) is 4.79 Å². The molecule has 4 rings (SSSR count). The first-order chi connectivity index (χ1) is 15.6. The van der Waals surface area contributed by atoms with Crippen molar-refractivity contribution in [3.63, 3.8) is 0 Å². The molecule has 0 N–H and O–H groups in total. The fourth-order valence-corrected chi connectivity index (χ4v) is 6.28. The highest BCUT2D eigenvalue weighted by atomic mass is 16.1. The van der Waals surface area contributed by atoms with Crippen LogP contribution in [-0.4, -0.2) is 15.8 Å². The monoisotopic (exact) mass is 432 g/mol. The van der Waals surface area contributed by atoms with E-state index in [1.807, 2.05) is 24.5 Å². The first kappa shape index (κ1) is 23.1. The van der Waals surface area contributed by atoms with Gasteiger partial charge in [-0.1, -0.05) is 26.0 Å². The van der Waals surface area contributed by atoms with Crippen LogP contribution in [0, 0.1) is 23.7 Å². The molecule has 3 nitrogen and oxygen atoms in total. The predicted molar refractivity (Wildman–Crippen MR) is 130 cm³/mol. The minimum absolute atomic E-state index is 0.324. The van der Waals surface area contributed by atoms with Gasteiger partial charge in [-0.25, -0.2) is 0 Å². The molecule has 2 aromatic heterocycles. The van der Waals surface area contributed by atoms with Crippen molar-refractivity contribution >= 4 is 5.78 Å². The van der Waals surface area contributed by atoms with Gasteiger partial charge < -0.3 is 0 Å². The summed E-state index contributed by atoms with van der Waals surface area (Å²) in [4.78, 5) is 22.3. The number of pyridine rings is 2. The summed E-state index contributed by atoms with van der Waals surface area (Å²) in [6.45, 7) is 4.60. The summed E-state index contributed by atoms with van der Waals surface area (Å²) >= 11 is 0. The first-order valence-corrected chi connectivity index (χ1v) is 13.0. The summed E-state index contributed by atoms with van der Waals surface area (Å²) in [5.41, 5.74) is 2.42. The Morgan fingerprint density at radius 3 is 1.47 bits per heavy atom. The van der Waals surface area contributed by atoms with Gasteiger partial charge >= 0.3 is 0 Å². The normalized spacial score (nSPS) is 28.1. The third-order valence-electron chi connectivity index (χ3n) is 8.26. The van der Waals surface area contributed by atoms with Crippen LogP contribution in [0.4, 0.5) is 0 Å². The molecule has 0 bridgehead atoms. The van der Waals surface area contributed by atoms with E-state index in [1.165, 1.54) is 49.9 Å². The Morgan fingerprint density at radius 1 is 0.719 bits per heavy atom. The van der Waals surface area contributed by atoms with E-state index in [9.17, 15) is 4.79 Å². The number of rotatable bonds is 8. The summed E-state index contributed by atoms with van der Waals surface area (Å²) in [6.07, 6.45) is 15.5. The number of aromatic nitrogens is 2. The largest absolute Gasteiger partial charge is 0.299 e. The lowest BCUT2D eigenvalue weighted by molar-refractivity contribution is -0.129. The van der Waals surface area contributed by atoms with Gasteiger partial charge in [-0.15, -0.1) is 0 Å². The van der Waals surface area contributed by atoms with Gasteiger partial charge in [0.1, 0.15) is 5.78 Å². The molecule has 32 heavy (non-hydrogen) atoms. The van der Waals surface area contributed by atoms with Crippen LogP contribution >= 0.6 is 0 Å². The van der Waals surface area contributed by atoms with Crippen molar-refractivity contribution < 1.29 is 4.79 Å². The van der Waals surface area contributed by atoms with Crippen LogP contribution in [0.1, 0.15) is 101 Å². The SMILES string of the molecule is CC(CC1CCC(C(=O)C2CCC(CC(C)c3ccccn3)CC2)CC1)c1ccccn1. The Morgan fingerprint density at radius 2 is 1.12 bits per heavy atom. The number of nitrogens with zero attached hydrogens (tertiary/aromatic N) is 2. The zero-order valence-electron chi connectivity index (χ0n) is 20.0. The summed E-state index contributed by atoms with van der Waals surface area (Å²) in [7, 11) is 0. The average molecular weight is 433 g/mol. The van der Waals surface area contributed by atoms with Gasteiger partial charge in [-0.05, 0) is 112 Å². The molecule has 2 saturated carbocycles. The van der Waals surface area contributed by atoms with E-state index in [1.54, 1.807) is 0 Å². The van der Waals surface area contributed by atoms with Crippen molar-refractivity contribution in [1.29, 1.82) is 0 Å². The molecule has 3 heteroatoms. The van der Waals surface area contributed by atoms with Crippen LogP contribution in [0.15, 0.2) is 48.8 Å². The van der Waals surface area contributed by atoms with Crippen molar-refractivity contribution in [2.24, 2.45) is 23.7 Å². The zero-order chi connectivity index (χ0) is 22.3. The molecular weight excluding hydrogens is 392 g/mol. The van der Waals surface area contributed by atoms with Gasteiger partial charge in [0.2, 0.25) is 0 Å². The quantitative estimate of drug-likeness (QED) is 0.438. The van der Waals surface area contributed by atoms with Crippen molar-refractivity contribution in [3.8, 4) is 0 Å². The Balaban J connectivity index is 1.18. The minimum Gasteiger partial charge on any atom is -0.299 e. The Bertz CT molecular complexity index is 751. The number of ketones is 1. The molecule has 2 unspecified atom stereocenters. The number of carbonyl (C=O) groups excluding carboxylic acids is 1. The second-order valence-corrected chi connectivity index (χ2v) is 10.6. The fourth-order valence-electron chi connectivity index (χ4n) is 6.28. The molecule has 2 aliphatic carbocycles. The highest BCUT2D eigenvalue weighted by molar-refractivity contribution is 5.83. The Hall–Kier alpha value is -2.03. The van der Waals surface area contributed by atoms with Gasteiger partial charge in [0.15, 0.2) is 0 Å². The summed E-state index contributed by atoms with van der Waals surface area (Å²) in [6, 6.07) is 12.4. The van der Waals surface area contributed by atoms with Crippen LogP contribution in [0.2, 0.25) is 0 Å². The standard InChI is InChI=1S/C29H40N2O/c1-21(27-7-3-5-17-30-27)19-23-9-13-25(14-10-23)29(32)26-15-11-24(12-16-26)20-22(2)28-8-4-6-18-31-28/h3-8,17-18,21-26H,9-16,19-20H2,1-2H3. The smallest absolute Gasteiger partial charge is 0.139 e. The fraction of sp³-hybridized carbons (Fsp3) is 0.621. The molecular formula is C29H40N2O. The highest BCUT2D eigenvalue weighted by Gasteiger charge is 2.34. The van der Waals surface area contributed by atoms with Crippen molar-refractivity contribution in [3.05, 3.63) is 60.2 Å². The highest BCUT2D eigenvalue weighted by Crippen LogP contribution is 2.40. The molecule has 2 heterocycles. The number of hydrogen-bond donors (Lipinski definition) is 0. The predicted octanol–water partition coefficient (Wildman–Crippen LogP) is 7.35. The molecule has 2 fully saturated rings. The average Bonchev–Trinajstić information content (AvgIpc) is 2.85. The third kappa shape index (κ3) is 6.05. The van der Waals surface area contributed by atoms with Gasteiger partial charge in [0, 0.05) is 35.6 Å². The maximum absolute atomic E-state index is 13.2. The van der Waals surface area contributed by atoms with E-state index in [0.29, 0.717) is 29.5 Å². The molecule has 0 aliphatic heterocycles. The van der Waals surface area contributed by atoms with E-state index in [4.69, 9.17) is 0 Å². The Kier molecular flexibility index (Phi) is 8.10. The van der Waals surface area contributed by atoms with Gasteiger partial charge in [0.25, 0.3) is 0 Å². The lowest BCUT2D eigenvalue weighted by Gasteiger charge is -2.34. The van der Waals surface area contributed by atoms with Crippen molar-refractivity contribution in [2.75, 3.05) is 0 Å². The lowest BCUT2D eigenvalue weighted by atomic mass is 9.70.